The highest BCUT2D eigenvalue weighted by Crippen LogP contribution is 2.11. The van der Waals surface area contributed by atoms with E-state index in [1.54, 1.807) is 0 Å². The summed E-state index contributed by atoms with van der Waals surface area (Å²) in [5.41, 5.74) is 0. The highest BCUT2D eigenvalue weighted by Gasteiger charge is 2.05. The summed E-state index contributed by atoms with van der Waals surface area (Å²) in [5, 5.41) is 1.91. The van der Waals surface area contributed by atoms with Crippen molar-refractivity contribution in [3.05, 3.63) is 28.8 Å². The van der Waals surface area contributed by atoms with E-state index in [1.807, 2.05) is 30.9 Å². The van der Waals surface area contributed by atoms with Crippen LogP contribution in [0.15, 0.2) is 17.5 Å². The Hall–Kier alpha value is -0.670. The molecule has 1 aromatic rings. The first-order valence-electron chi connectivity index (χ1n) is 4.30. The largest absolute Gasteiger partial charge is 0.381 e. The van der Waals surface area contributed by atoms with Gasteiger partial charge in [0.25, 0.3) is 0 Å². The summed E-state index contributed by atoms with van der Waals surface area (Å²) in [6.07, 6.45) is 2.34. The molecule has 0 N–H and O–H groups in total. The van der Waals surface area contributed by atoms with Gasteiger partial charge in [-0.25, -0.2) is 0 Å². The number of ether oxygens (including phenoxy) is 1. The van der Waals surface area contributed by atoms with Crippen LogP contribution in [0.25, 0.3) is 0 Å². The molecule has 0 aliphatic carbocycles. The van der Waals surface area contributed by atoms with Gasteiger partial charge in [0.15, 0.2) is 5.78 Å². The number of hydrogen-bond acceptors (Lipinski definition) is 3. The van der Waals surface area contributed by atoms with Crippen molar-refractivity contribution in [3.8, 4) is 0 Å². The molecule has 1 heterocycles. The van der Waals surface area contributed by atoms with Crippen molar-refractivity contribution in [2.24, 2.45) is 0 Å². The predicted molar refractivity (Wildman–Crippen MR) is 54.1 cm³/mol. The van der Waals surface area contributed by atoms with Crippen LogP contribution in [0.1, 0.15) is 23.0 Å². The fourth-order valence-electron chi connectivity index (χ4n) is 0.929. The second-order valence-electron chi connectivity index (χ2n) is 2.55. The summed E-state index contributed by atoms with van der Waals surface area (Å²) in [5.74, 6) is 0.176. The third-order valence-corrected chi connectivity index (χ3v) is 2.48. The minimum Gasteiger partial charge on any atom is -0.381 e. The lowest BCUT2D eigenvalue weighted by Gasteiger charge is -1.98. The number of rotatable bonds is 6. The summed E-state index contributed by atoms with van der Waals surface area (Å²) in [4.78, 5) is 12.2. The number of thiophene rings is 1. The quantitative estimate of drug-likeness (QED) is 0.517. The zero-order valence-electron chi connectivity index (χ0n) is 7.66. The van der Waals surface area contributed by atoms with Crippen molar-refractivity contribution in [3.63, 3.8) is 0 Å². The summed E-state index contributed by atoms with van der Waals surface area (Å²) >= 11 is 1.48. The number of hydrogen-bond donors (Lipinski definition) is 0. The molecule has 1 rings (SSSR count). The van der Waals surface area contributed by atoms with E-state index >= 15 is 0 Å². The lowest BCUT2D eigenvalue weighted by atomic mass is 10.2. The van der Waals surface area contributed by atoms with Crippen LogP contribution < -0.4 is 0 Å². The smallest absolute Gasteiger partial charge is 0.173 e. The van der Waals surface area contributed by atoms with Crippen LogP contribution in [0, 0.1) is 6.42 Å². The summed E-state index contributed by atoms with van der Waals surface area (Å²) in [6.45, 7) is 3.20. The molecule has 13 heavy (non-hydrogen) atoms. The maximum absolute atomic E-state index is 11.4. The second kappa shape index (κ2) is 5.89. The summed E-state index contributed by atoms with van der Waals surface area (Å²) < 4.78 is 5.10. The standard InChI is InChI=1S/C10H13O2S/c1-2-12-7-3-5-9(11)10-6-4-8-13-10/h3-4,6,8H,2,5,7H2,1H3. The van der Waals surface area contributed by atoms with Gasteiger partial charge in [0.1, 0.15) is 0 Å². The molecule has 0 spiro atoms. The summed E-state index contributed by atoms with van der Waals surface area (Å²) in [7, 11) is 0. The van der Waals surface area contributed by atoms with E-state index in [2.05, 4.69) is 0 Å². The number of carbonyl (C=O) groups is 1. The summed E-state index contributed by atoms with van der Waals surface area (Å²) in [6, 6.07) is 3.74. The monoisotopic (exact) mass is 197 g/mol. The fraction of sp³-hybridized carbons (Fsp3) is 0.400. The Morgan fingerprint density at radius 1 is 1.69 bits per heavy atom. The lowest BCUT2D eigenvalue weighted by molar-refractivity contribution is 0.0983. The molecular formula is C10H13O2S. The van der Waals surface area contributed by atoms with Gasteiger partial charge in [-0.05, 0) is 24.8 Å². The molecule has 0 fully saturated rings. The van der Waals surface area contributed by atoms with Gasteiger partial charge >= 0.3 is 0 Å². The number of ketones is 1. The maximum Gasteiger partial charge on any atom is 0.173 e. The molecule has 0 aliphatic heterocycles. The molecule has 71 valence electrons. The Labute approximate surface area is 82.5 Å². The SMILES string of the molecule is CCOC[CH]CC(=O)c1cccs1. The molecule has 0 amide bonds. The van der Waals surface area contributed by atoms with Crippen LogP contribution in [0.4, 0.5) is 0 Å². The molecule has 3 heteroatoms. The van der Waals surface area contributed by atoms with Crippen LogP contribution in [0.3, 0.4) is 0 Å². The van der Waals surface area contributed by atoms with Gasteiger partial charge in [-0.2, -0.15) is 0 Å². The molecule has 0 saturated carbocycles. The molecule has 0 aromatic carbocycles. The second-order valence-corrected chi connectivity index (χ2v) is 3.50. The zero-order valence-corrected chi connectivity index (χ0v) is 8.47. The van der Waals surface area contributed by atoms with Crippen molar-refractivity contribution in [1.82, 2.24) is 0 Å². The molecule has 2 nitrogen and oxygen atoms in total. The van der Waals surface area contributed by atoms with Crippen LogP contribution in [-0.2, 0) is 4.74 Å². The van der Waals surface area contributed by atoms with Gasteiger partial charge in [0.2, 0.25) is 0 Å². The first kappa shape index (κ1) is 10.4. The third-order valence-electron chi connectivity index (χ3n) is 1.57. The van der Waals surface area contributed by atoms with Crippen molar-refractivity contribution < 1.29 is 9.53 Å². The molecule has 1 radical (unpaired) electrons. The van der Waals surface area contributed by atoms with E-state index in [-0.39, 0.29) is 5.78 Å². The van der Waals surface area contributed by atoms with Gasteiger partial charge in [-0.15, -0.1) is 11.3 Å². The minimum atomic E-state index is 0.176. The predicted octanol–water partition coefficient (Wildman–Crippen LogP) is 2.56. The van der Waals surface area contributed by atoms with Crippen LogP contribution >= 0.6 is 11.3 Å². The minimum absolute atomic E-state index is 0.176. The van der Waals surface area contributed by atoms with Crippen LogP contribution in [0.5, 0.6) is 0 Å². The van der Waals surface area contributed by atoms with E-state index in [1.165, 1.54) is 11.3 Å². The van der Waals surface area contributed by atoms with E-state index < -0.39 is 0 Å². The Morgan fingerprint density at radius 3 is 3.15 bits per heavy atom. The van der Waals surface area contributed by atoms with Gasteiger partial charge < -0.3 is 4.74 Å². The topological polar surface area (TPSA) is 26.3 Å². The first-order valence-corrected chi connectivity index (χ1v) is 5.18. The zero-order chi connectivity index (χ0) is 9.52. The van der Waals surface area contributed by atoms with E-state index in [0.29, 0.717) is 19.6 Å². The Morgan fingerprint density at radius 2 is 2.54 bits per heavy atom. The Bertz CT molecular complexity index is 241. The molecule has 1 aromatic heterocycles. The van der Waals surface area contributed by atoms with Gasteiger partial charge in [-0.1, -0.05) is 6.07 Å². The lowest BCUT2D eigenvalue weighted by Crippen LogP contribution is -2.01. The van der Waals surface area contributed by atoms with Crippen molar-refractivity contribution >= 4 is 17.1 Å². The van der Waals surface area contributed by atoms with E-state index in [9.17, 15) is 4.79 Å². The molecular weight excluding hydrogens is 184 g/mol. The van der Waals surface area contributed by atoms with Gasteiger partial charge in [0, 0.05) is 13.0 Å². The van der Waals surface area contributed by atoms with Crippen LogP contribution in [0.2, 0.25) is 0 Å². The van der Waals surface area contributed by atoms with Gasteiger partial charge in [-0.3, -0.25) is 4.79 Å². The van der Waals surface area contributed by atoms with Crippen molar-refractivity contribution in [1.29, 1.82) is 0 Å². The maximum atomic E-state index is 11.4. The highest BCUT2D eigenvalue weighted by atomic mass is 32.1. The average molecular weight is 197 g/mol. The third kappa shape index (κ3) is 3.70. The van der Waals surface area contributed by atoms with E-state index in [0.717, 1.165) is 4.88 Å². The van der Waals surface area contributed by atoms with Crippen molar-refractivity contribution in [2.45, 2.75) is 13.3 Å². The number of carbonyl (C=O) groups excluding carboxylic acids is 1. The molecule has 0 aliphatic rings. The molecule has 0 unspecified atom stereocenters. The number of Topliss-reactive ketones (excluding diaryl/α,β-unsaturated/α-hetero) is 1. The Kier molecular flexibility index (Phi) is 4.72. The normalized spacial score (nSPS) is 10.2. The Balaban J connectivity index is 2.19. The fourth-order valence-corrected chi connectivity index (χ4v) is 1.60. The van der Waals surface area contributed by atoms with Crippen molar-refractivity contribution in [2.75, 3.05) is 13.2 Å². The van der Waals surface area contributed by atoms with Gasteiger partial charge in [0.05, 0.1) is 11.5 Å². The average Bonchev–Trinajstić information content (AvgIpc) is 2.65. The molecule has 0 saturated heterocycles. The molecule has 0 bridgehead atoms. The van der Waals surface area contributed by atoms with E-state index in [4.69, 9.17) is 4.74 Å². The first-order chi connectivity index (χ1) is 6.34. The molecule has 0 atom stereocenters. The van der Waals surface area contributed by atoms with Crippen LogP contribution in [-0.4, -0.2) is 19.0 Å². The highest BCUT2D eigenvalue weighted by molar-refractivity contribution is 7.12.